The standard InChI is InChI=1S/C15H16FNS/c16-13-4-2-1-3-12(13)15-6-5-14(18-15)11-7-9-17-10-8-11/h1-6,11,17H,7-10H2. The molecule has 0 atom stereocenters. The van der Waals surface area contributed by atoms with Gasteiger partial charge in [0.25, 0.3) is 0 Å². The number of hydrogen-bond acceptors (Lipinski definition) is 2. The molecule has 3 rings (SSSR count). The average molecular weight is 261 g/mol. The number of thiophene rings is 1. The monoisotopic (exact) mass is 261 g/mol. The molecule has 1 nitrogen and oxygen atoms in total. The third-order valence-electron chi connectivity index (χ3n) is 3.51. The molecule has 0 saturated carbocycles. The second kappa shape index (κ2) is 5.21. The summed E-state index contributed by atoms with van der Waals surface area (Å²) in [7, 11) is 0. The van der Waals surface area contributed by atoms with E-state index in [1.807, 2.05) is 12.1 Å². The third kappa shape index (κ3) is 2.33. The molecule has 0 aliphatic carbocycles. The van der Waals surface area contributed by atoms with Gasteiger partial charge in [0, 0.05) is 15.3 Å². The van der Waals surface area contributed by atoms with Crippen molar-refractivity contribution in [3.8, 4) is 10.4 Å². The summed E-state index contributed by atoms with van der Waals surface area (Å²) in [5.74, 6) is 0.521. The largest absolute Gasteiger partial charge is 0.317 e. The van der Waals surface area contributed by atoms with Gasteiger partial charge >= 0.3 is 0 Å². The highest BCUT2D eigenvalue weighted by Gasteiger charge is 2.17. The smallest absolute Gasteiger partial charge is 0.131 e. The maximum atomic E-state index is 13.7. The van der Waals surface area contributed by atoms with E-state index in [4.69, 9.17) is 0 Å². The minimum absolute atomic E-state index is 0.129. The van der Waals surface area contributed by atoms with E-state index >= 15 is 0 Å². The molecule has 0 bridgehead atoms. The fourth-order valence-corrected chi connectivity index (χ4v) is 3.69. The molecule has 1 aromatic heterocycles. The highest BCUT2D eigenvalue weighted by atomic mass is 32.1. The van der Waals surface area contributed by atoms with Gasteiger partial charge in [-0.3, -0.25) is 0 Å². The maximum Gasteiger partial charge on any atom is 0.131 e. The zero-order chi connectivity index (χ0) is 12.4. The molecule has 2 heterocycles. The summed E-state index contributed by atoms with van der Waals surface area (Å²) in [4.78, 5) is 2.44. The Labute approximate surface area is 111 Å². The van der Waals surface area contributed by atoms with Crippen LogP contribution in [0.25, 0.3) is 10.4 Å². The first-order chi connectivity index (χ1) is 8.84. The molecule has 1 fully saturated rings. The Bertz CT molecular complexity index is 529. The van der Waals surface area contributed by atoms with Gasteiger partial charge in [0.15, 0.2) is 0 Å². The Morgan fingerprint density at radius 1 is 1.06 bits per heavy atom. The van der Waals surface area contributed by atoms with Gasteiger partial charge in [-0.15, -0.1) is 11.3 Å². The first-order valence-corrected chi connectivity index (χ1v) is 7.21. The molecule has 1 aromatic carbocycles. The summed E-state index contributed by atoms with van der Waals surface area (Å²) >= 11 is 1.74. The molecule has 3 heteroatoms. The Kier molecular flexibility index (Phi) is 3.43. The van der Waals surface area contributed by atoms with Crippen LogP contribution in [0.5, 0.6) is 0 Å². The van der Waals surface area contributed by atoms with Crippen LogP contribution in [0.2, 0.25) is 0 Å². The Balaban J connectivity index is 1.87. The SMILES string of the molecule is Fc1ccccc1-c1ccc(C2CCNCC2)s1. The van der Waals surface area contributed by atoms with E-state index in [0.29, 0.717) is 5.92 Å². The van der Waals surface area contributed by atoms with Crippen molar-refractivity contribution >= 4 is 11.3 Å². The Morgan fingerprint density at radius 3 is 2.61 bits per heavy atom. The average Bonchev–Trinajstić information content (AvgIpc) is 2.90. The van der Waals surface area contributed by atoms with Crippen molar-refractivity contribution < 1.29 is 4.39 Å². The Hall–Kier alpha value is -1.19. The van der Waals surface area contributed by atoms with Crippen molar-refractivity contribution in [2.45, 2.75) is 18.8 Å². The molecule has 1 N–H and O–H groups in total. The summed E-state index contributed by atoms with van der Waals surface area (Å²) in [5, 5.41) is 3.38. The lowest BCUT2D eigenvalue weighted by atomic mass is 9.97. The highest BCUT2D eigenvalue weighted by Crippen LogP contribution is 2.36. The van der Waals surface area contributed by atoms with Gasteiger partial charge in [-0.25, -0.2) is 4.39 Å². The van der Waals surface area contributed by atoms with E-state index in [9.17, 15) is 4.39 Å². The fraction of sp³-hybridized carbons (Fsp3) is 0.333. The lowest BCUT2D eigenvalue weighted by molar-refractivity contribution is 0.465. The predicted molar refractivity (Wildman–Crippen MR) is 74.6 cm³/mol. The predicted octanol–water partition coefficient (Wildman–Crippen LogP) is 4.02. The topological polar surface area (TPSA) is 12.0 Å². The second-order valence-electron chi connectivity index (χ2n) is 4.71. The summed E-state index contributed by atoms with van der Waals surface area (Å²) in [6.07, 6.45) is 2.38. The van der Waals surface area contributed by atoms with Gasteiger partial charge in [-0.1, -0.05) is 18.2 Å². The molecule has 18 heavy (non-hydrogen) atoms. The minimum Gasteiger partial charge on any atom is -0.317 e. The van der Waals surface area contributed by atoms with E-state index in [2.05, 4.69) is 17.4 Å². The number of hydrogen-bond donors (Lipinski definition) is 1. The summed E-state index contributed by atoms with van der Waals surface area (Å²) in [6.45, 7) is 2.19. The number of nitrogens with one attached hydrogen (secondary N) is 1. The molecule has 0 spiro atoms. The van der Waals surface area contributed by atoms with Crippen LogP contribution in [0.15, 0.2) is 36.4 Å². The first kappa shape index (κ1) is 11.9. The van der Waals surface area contributed by atoms with Crippen LogP contribution in [0.1, 0.15) is 23.6 Å². The number of halogens is 1. The summed E-state index contributed by atoms with van der Waals surface area (Å²) in [5.41, 5.74) is 0.725. The number of piperidine rings is 1. The van der Waals surface area contributed by atoms with Gasteiger partial charge < -0.3 is 5.32 Å². The van der Waals surface area contributed by atoms with Crippen molar-refractivity contribution in [3.63, 3.8) is 0 Å². The van der Waals surface area contributed by atoms with Crippen LogP contribution in [-0.4, -0.2) is 13.1 Å². The van der Waals surface area contributed by atoms with Crippen LogP contribution in [0.3, 0.4) is 0 Å². The number of benzene rings is 1. The second-order valence-corrected chi connectivity index (χ2v) is 5.82. The summed E-state index contributed by atoms with van der Waals surface area (Å²) < 4.78 is 13.7. The molecule has 1 aliphatic heterocycles. The summed E-state index contributed by atoms with van der Waals surface area (Å²) in [6, 6.07) is 11.2. The van der Waals surface area contributed by atoms with Crippen LogP contribution >= 0.6 is 11.3 Å². The molecule has 2 aromatic rings. The molecule has 1 saturated heterocycles. The van der Waals surface area contributed by atoms with Crippen molar-refractivity contribution in [2.24, 2.45) is 0 Å². The van der Waals surface area contributed by atoms with Gasteiger partial charge in [0.05, 0.1) is 0 Å². The molecule has 1 aliphatic rings. The van der Waals surface area contributed by atoms with Gasteiger partial charge in [0.2, 0.25) is 0 Å². The van der Waals surface area contributed by atoms with E-state index in [1.54, 1.807) is 17.4 Å². The van der Waals surface area contributed by atoms with Crippen molar-refractivity contribution in [1.82, 2.24) is 5.32 Å². The van der Waals surface area contributed by atoms with Crippen LogP contribution in [0.4, 0.5) is 4.39 Å². The third-order valence-corrected chi connectivity index (χ3v) is 4.79. The lowest BCUT2D eigenvalue weighted by Gasteiger charge is -2.21. The van der Waals surface area contributed by atoms with Crippen LogP contribution in [-0.2, 0) is 0 Å². The first-order valence-electron chi connectivity index (χ1n) is 6.40. The van der Waals surface area contributed by atoms with Gasteiger partial charge in [-0.05, 0) is 50.0 Å². The minimum atomic E-state index is -0.129. The number of rotatable bonds is 2. The zero-order valence-electron chi connectivity index (χ0n) is 10.2. The molecular formula is C15H16FNS. The van der Waals surface area contributed by atoms with E-state index in [1.165, 1.54) is 23.8 Å². The van der Waals surface area contributed by atoms with Gasteiger partial charge in [0.1, 0.15) is 5.82 Å². The molecule has 0 radical (unpaired) electrons. The molecule has 94 valence electrons. The van der Waals surface area contributed by atoms with Crippen molar-refractivity contribution in [3.05, 3.63) is 47.1 Å². The highest BCUT2D eigenvalue weighted by molar-refractivity contribution is 7.15. The normalized spacial score (nSPS) is 16.9. The lowest BCUT2D eigenvalue weighted by Crippen LogP contribution is -2.26. The van der Waals surface area contributed by atoms with Crippen LogP contribution < -0.4 is 5.32 Å². The zero-order valence-corrected chi connectivity index (χ0v) is 11.0. The quantitative estimate of drug-likeness (QED) is 0.861. The Morgan fingerprint density at radius 2 is 1.83 bits per heavy atom. The van der Waals surface area contributed by atoms with Crippen molar-refractivity contribution in [2.75, 3.05) is 13.1 Å². The van der Waals surface area contributed by atoms with Crippen molar-refractivity contribution in [1.29, 1.82) is 0 Å². The molecule has 0 unspecified atom stereocenters. The van der Waals surface area contributed by atoms with E-state index in [-0.39, 0.29) is 5.82 Å². The van der Waals surface area contributed by atoms with E-state index in [0.717, 1.165) is 23.5 Å². The molecule has 0 amide bonds. The maximum absolute atomic E-state index is 13.7. The fourth-order valence-electron chi connectivity index (χ4n) is 2.48. The van der Waals surface area contributed by atoms with Gasteiger partial charge in [-0.2, -0.15) is 0 Å². The van der Waals surface area contributed by atoms with E-state index < -0.39 is 0 Å². The molecular weight excluding hydrogens is 245 g/mol. The van der Waals surface area contributed by atoms with Crippen LogP contribution in [0, 0.1) is 5.82 Å².